The van der Waals surface area contributed by atoms with E-state index < -0.39 is 11.7 Å². The minimum absolute atomic E-state index is 0.0471. The molecular formula is C13H9BrClF3N2. The Hall–Kier alpha value is -1.27. The molecule has 0 amide bonds. The van der Waals surface area contributed by atoms with Gasteiger partial charge in [0.1, 0.15) is 5.15 Å². The molecule has 2 nitrogen and oxygen atoms in total. The quantitative estimate of drug-likeness (QED) is 0.763. The van der Waals surface area contributed by atoms with Crippen LogP contribution in [0.2, 0.25) is 5.15 Å². The van der Waals surface area contributed by atoms with Gasteiger partial charge in [0.05, 0.1) is 21.9 Å². The number of hydrogen-bond donors (Lipinski definition) is 1. The van der Waals surface area contributed by atoms with Crippen molar-refractivity contribution in [3.05, 3.63) is 57.3 Å². The molecule has 106 valence electrons. The monoisotopic (exact) mass is 364 g/mol. The number of pyridine rings is 1. The highest BCUT2D eigenvalue weighted by atomic mass is 79.9. The van der Waals surface area contributed by atoms with Crippen molar-refractivity contribution in [2.75, 3.05) is 5.32 Å². The molecule has 0 aliphatic carbocycles. The molecule has 1 aromatic carbocycles. The minimum Gasteiger partial charge on any atom is -0.380 e. The summed E-state index contributed by atoms with van der Waals surface area (Å²) in [6.45, 7) is 0.0471. The molecule has 1 heterocycles. The largest absolute Gasteiger partial charge is 0.416 e. The average molecular weight is 366 g/mol. The molecule has 0 fully saturated rings. The zero-order valence-electron chi connectivity index (χ0n) is 10.0. The van der Waals surface area contributed by atoms with Gasteiger partial charge in [0.25, 0.3) is 0 Å². The SMILES string of the molecule is FC(F)(F)c1ccccc1CNc1cnc(Cl)c(Br)c1. The molecule has 0 unspecified atom stereocenters. The van der Waals surface area contributed by atoms with Crippen LogP contribution in [0.5, 0.6) is 0 Å². The van der Waals surface area contributed by atoms with Gasteiger partial charge in [-0.2, -0.15) is 13.2 Å². The fourth-order valence-electron chi connectivity index (χ4n) is 1.67. The summed E-state index contributed by atoms with van der Waals surface area (Å²) in [5, 5.41) is 3.19. The highest BCUT2D eigenvalue weighted by molar-refractivity contribution is 9.10. The number of halogens is 5. The van der Waals surface area contributed by atoms with Crippen molar-refractivity contribution in [2.24, 2.45) is 0 Å². The third kappa shape index (κ3) is 3.64. The van der Waals surface area contributed by atoms with Gasteiger partial charge >= 0.3 is 6.18 Å². The van der Waals surface area contributed by atoms with E-state index in [1.54, 1.807) is 12.1 Å². The summed E-state index contributed by atoms with van der Waals surface area (Å²) in [6.07, 6.45) is -2.90. The summed E-state index contributed by atoms with van der Waals surface area (Å²) in [4.78, 5) is 3.90. The van der Waals surface area contributed by atoms with E-state index in [9.17, 15) is 13.2 Å². The third-order valence-corrected chi connectivity index (χ3v) is 3.74. The van der Waals surface area contributed by atoms with Crippen LogP contribution < -0.4 is 5.32 Å². The molecule has 2 rings (SSSR count). The lowest BCUT2D eigenvalue weighted by molar-refractivity contribution is -0.138. The van der Waals surface area contributed by atoms with E-state index in [0.717, 1.165) is 6.07 Å². The van der Waals surface area contributed by atoms with Crippen molar-refractivity contribution >= 4 is 33.2 Å². The van der Waals surface area contributed by atoms with E-state index >= 15 is 0 Å². The van der Waals surface area contributed by atoms with Crippen molar-refractivity contribution in [1.29, 1.82) is 0 Å². The fourth-order valence-corrected chi connectivity index (χ4v) is 2.12. The molecule has 0 aliphatic rings. The van der Waals surface area contributed by atoms with Crippen LogP contribution in [0.1, 0.15) is 11.1 Å². The van der Waals surface area contributed by atoms with Crippen molar-refractivity contribution in [3.8, 4) is 0 Å². The number of rotatable bonds is 3. The molecule has 0 bridgehead atoms. The number of nitrogens with zero attached hydrogens (tertiary/aromatic N) is 1. The van der Waals surface area contributed by atoms with Crippen molar-refractivity contribution in [1.82, 2.24) is 4.98 Å². The Labute approximate surface area is 127 Å². The van der Waals surface area contributed by atoms with Crippen LogP contribution in [-0.4, -0.2) is 4.98 Å². The van der Waals surface area contributed by atoms with Gasteiger partial charge in [-0.05, 0) is 33.6 Å². The molecule has 7 heteroatoms. The molecule has 2 aromatic rings. The van der Waals surface area contributed by atoms with E-state index in [0.29, 0.717) is 15.3 Å². The van der Waals surface area contributed by atoms with Crippen LogP contribution in [0.3, 0.4) is 0 Å². The predicted octanol–water partition coefficient (Wildman–Crippen LogP) is 5.13. The zero-order valence-corrected chi connectivity index (χ0v) is 12.4. The van der Waals surface area contributed by atoms with Gasteiger partial charge < -0.3 is 5.32 Å². The van der Waals surface area contributed by atoms with Crippen LogP contribution in [0.4, 0.5) is 18.9 Å². The molecular weight excluding hydrogens is 357 g/mol. The molecule has 0 saturated heterocycles. The average Bonchev–Trinajstić information content (AvgIpc) is 2.39. The maximum atomic E-state index is 12.8. The summed E-state index contributed by atoms with van der Waals surface area (Å²) in [5.74, 6) is 0. The first-order chi connectivity index (χ1) is 9.38. The Bertz CT molecular complexity index is 617. The molecule has 0 saturated carbocycles. The maximum absolute atomic E-state index is 12.8. The van der Waals surface area contributed by atoms with Crippen LogP contribution in [0.25, 0.3) is 0 Å². The van der Waals surface area contributed by atoms with E-state index in [-0.39, 0.29) is 12.1 Å². The van der Waals surface area contributed by atoms with Gasteiger partial charge in [-0.3, -0.25) is 0 Å². The Kier molecular flexibility index (Phi) is 4.55. The van der Waals surface area contributed by atoms with Crippen molar-refractivity contribution < 1.29 is 13.2 Å². The minimum atomic E-state index is -4.36. The molecule has 0 aliphatic heterocycles. The lowest BCUT2D eigenvalue weighted by Crippen LogP contribution is -2.11. The summed E-state index contributed by atoms with van der Waals surface area (Å²) in [7, 11) is 0. The van der Waals surface area contributed by atoms with E-state index in [2.05, 4.69) is 26.2 Å². The second kappa shape index (κ2) is 6.01. The van der Waals surface area contributed by atoms with Gasteiger partial charge in [-0.1, -0.05) is 29.8 Å². The smallest absolute Gasteiger partial charge is 0.380 e. The number of aromatic nitrogens is 1. The van der Waals surface area contributed by atoms with E-state index in [1.165, 1.54) is 18.3 Å². The van der Waals surface area contributed by atoms with E-state index in [4.69, 9.17) is 11.6 Å². The van der Waals surface area contributed by atoms with Gasteiger partial charge in [0.15, 0.2) is 0 Å². The Morgan fingerprint density at radius 1 is 1.25 bits per heavy atom. The lowest BCUT2D eigenvalue weighted by Gasteiger charge is -2.13. The second-order valence-corrected chi connectivity index (χ2v) is 5.22. The summed E-state index contributed by atoms with van der Waals surface area (Å²) >= 11 is 8.95. The first kappa shape index (κ1) is 15.1. The highest BCUT2D eigenvalue weighted by Crippen LogP contribution is 2.32. The number of benzene rings is 1. The van der Waals surface area contributed by atoms with Crippen LogP contribution in [0.15, 0.2) is 41.0 Å². The van der Waals surface area contributed by atoms with E-state index in [1.807, 2.05) is 0 Å². The molecule has 0 radical (unpaired) electrons. The number of hydrogen-bond acceptors (Lipinski definition) is 2. The molecule has 0 atom stereocenters. The molecule has 20 heavy (non-hydrogen) atoms. The first-order valence-corrected chi connectivity index (χ1v) is 6.75. The number of nitrogens with one attached hydrogen (secondary N) is 1. The fraction of sp³-hybridized carbons (Fsp3) is 0.154. The maximum Gasteiger partial charge on any atom is 0.416 e. The molecule has 1 N–H and O–H groups in total. The van der Waals surface area contributed by atoms with Crippen molar-refractivity contribution in [2.45, 2.75) is 12.7 Å². The molecule has 1 aromatic heterocycles. The van der Waals surface area contributed by atoms with Crippen LogP contribution in [0, 0.1) is 0 Å². The topological polar surface area (TPSA) is 24.9 Å². The third-order valence-electron chi connectivity index (χ3n) is 2.60. The Balaban J connectivity index is 2.17. The number of alkyl halides is 3. The summed E-state index contributed by atoms with van der Waals surface area (Å²) in [5.41, 5.74) is 0.109. The van der Waals surface area contributed by atoms with Crippen molar-refractivity contribution in [3.63, 3.8) is 0 Å². The van der Waals surface area contributed by atoms with Gasteiger partial charge in [-0.15, -0.1) is 0 Å². The zero-order chi connectivity index (χ0) is 14.8. The predicted molar refractivity (Wildman–Crippen MR) is 75.7 cm³/mol. The standard InChI is InChI=1S/C13H9BrClF3N2/c14-11-5-9(7-20-12(11)15)19-6-8-3-1-2-4-10(8)13(16,17)18/h1-5,7,19H,6H2. The summed E-state index contributed by atoms with van der Waals surface area (Å²) < 4.78 is 39.1. The van der Waals surface area contributed by atoms with Gasteiger partial charge in [-0.25, -0.2) is 4.98 Å². The normalized spacial score (nSPS) is 11.4. The summed E-state index contributed by atoms with van der Waals surface area (Å²) in [6, 6.07) is 7.10. The Morgan fingerprint density at radius 3 is 2.60 bits per heavy atom. The first-order valence-electron chi connectivity index (χ1n) is 5.58. The second-order valence-electron chi connectivity index (χ2n) is 4.01. The Morgan fingerprint density at radius 2 is 1.95 bits per heavy atom. The van der Waals surface area contributed by atoms with Gasteiger partial charge in [0, 0.05) is 6.54 Å². The highest BCUT2D eigenvalue weighted by Gasteiger charge is 2.32. The van der Waals surface area contributed by atoms with Crippen LogP contribution >= 0.6 is 27.5 Å². The number of anilines is 1. The van der Waals surface area contributed by atoms with Gasteiger partial charge in [0.2, 0.25) is 0 Å². The van der Waals surface area contributed by atoms with Crippen LogP contribution in [-0.2, 0) is 12.7 Å². The lowest BCUT2D eigenvalue weighted by atomic mass is 10.1. The molecule has 0 spiro atoms.